The Balaban J connectivity index is 0.00000200. The van der Waals surface area contributed by atoms with Gasteiger partial charge in [-0.1, -0.05) is 17.7 Å². The Kier molecular flexibility index (Phi) is 8.04. The maximum Gasteiger partial charge on any atom is 0.221 e. The average Bonchev–Trinajstić information content (AvgIpc) is 2.89. The molecule has 0 aromatic heterocycles. The van der Waals surface area contributed by atoms with Crippen molar-refractivity contribution < 1.29 is 4.79 Å². The lowest BCUT2D eigenvalue weighted by atomic mass is 10.1. The molecule has 0 bridgehead atoms. The lowest BCUT2D eigenvalue weighted by Crippen LogP contribution is -2.32. The first-order valence-electron chi connectivity index (χ1n) is 6.93. The van der Waals surface area contributed by atoms with Crippen LogP contribution in [0.4, 0.5) is 0 Å². The molecular weight excluding hydrogens is 292 g/mol. The van der Waals surface area contributed by atoms with Gasteiger partial charge < -0.3 is 10.6 Å². The molecule has 1 amide bonds. The van der Waals surface area contributed by atoms with Gasteiger partial charge in [0.05, 0.1) is 0 Å². The second-order valence-corrected chi connectivity index (χ2v) is 6.18. The Bertz CT molecular complexity index is 405. The zero-order valence-electron chi connectivity index (χ0n) is 11.9. The van der Waals surface area contributed by atoms with E-state index in [0.717, 1.165) is 25.3 Å². The summed E-state index contributed by atoms with van der Waals surface area (Å²) in [5.74, 6) is 1.09. The quantitative estimate of drug-likeness (QED) is 0.626. The topological polar surface area (TPSA) is 41.1 Å². The largest absolute Gasteiger partial charge is 0.355 e. The molecule has 3 nitrogen and oxygen atoms in total. The first-order chi connectivity index (χ1) is 9.24. The monoisotopic (exact) mass is 314 g/mol. The third kappa shape index (κ3) is 6.16. The summed E-state index contributed by atoms with van der Waals surface area (Å²) in [5.41, 5.74) is 1.28. The Morgan fingerprint density at radius 3 is 2.80 bits per heavy atom. The number of hydrogen-bond acceptors (Lipinski definition) is 3. The summed E-state index contributed by atoms with van der Waals surface area (Å²) in [6, 6.07) is 8.89. The SMILES string of the molecule is Cc1ccc(SCCNC(=O)CC2CCCN2)cc1.Cl. The summed E-state index contributed by atoms with van der Waals surface area (Å²) >= 11 is 1.78. The number of carbonyl (C=O) groups excluding carboxylic acids is 1. The zero-order valence-corrected chi connectivity index (χ0v) is 13.5. The highest BCUT2D eigenvalue weighted by atomic mass is 35.5. The minimum atomic E-state index is 0. The summed E-state index contributed by atoms with van der Waals surface area (Å²) in [5, 5.41) is 6.33. The number of rotatable bonds is 6. The summed E-state index contributed by atoms with van der Waals surface area (Å²) in [6.45, 7) is 3.89. The third-order valence-corrected chi connectivity index (χ3v) is 4.32. The summed E-state index contributed by atoms with van der Waals surface area (Å²) < 4.78 is 0. The van der Waals surface area contributed by atoms with Gasteiger partial charge in [0.15, 0.2) is 0 Å². The van der Waals surface area contributed by atoms with Crippen molar-refractivity contribution in [3.63, 3.8) is 0 Å². The van der Waals surface area contributed by atoms with Gasteiger partial charge in [0.25, 0.3) is 0 Å². The predicted octanol–water partition coefficient (Wildman–Crippen LogP) is 2.77. The standard InChI is InChI=1S/C15H22N2OS.ClH/c1-12-4-6-14(7-5-12)19-10-9-17-15(18)11-13-3-2-8-16-13;/h4-7,13,16H,2-3,8-11H2,1H3,(H,17,18);1H. The van der Waals surface area contributed by atoms with Crippen molar-refractivity contribution in [2.75, 3.05) is 18.8 Å². The Labute approximate surface area is 131 Å². The fourth-order valence-electron chi connectivity index (χ4n) is 2.22. The molecule has 5 heteroatoms. The van der Waals surface area contributed by atoms with E-state index in [2.05, 4.69) is 41.8 Å². The maximum atomic E-state index is 11.7. The van der Waals surface area contributed by atoms with Crippen LogP contribution in [0.15, 0.2) is 29.2 Å². The maximum absolute atomic E-state index is 11.7. The van der Waals surface area contributed by atoms with Crippen molar-refractivity contribution in [2.24, 2.45) is 0 Å². The van der Waals surface area contributed by atoms with Crippen LogP contribution in [0.25, 0.3) is 0 Å². The molecule has 20 heavy (non-hydrogen) atoms. The molecule has 1 unspecified atom stereocenters. The van der Waals surface area contributed by atoms with E-state index in [4.69, 9.17) is 0 Å². The summed E-state index contributed by atoms with van der Waals surface area (Å²) in [7, 11) is 0. The van der Waals surface area contributed by atoms with Crippen LogP contribution in [0, 0.1) is 6.92 Å². The second kappa shape index (κ2) is 9.27. The molecule has 1 aromatic carbocycles. The zero-order chi connectivity index (χ0) is 13.5. The van der Waals surface area contributed by atoms with E-state index in [1.165, 1.54) is 16.9 Å². The van der Waals surface area contributed by atoms with Crippen LogP contribution in [0.1, 0.15) is 24.8 Å². The molecule has 0 radical (unpaired) electrons. The Morgan fingerprint density at radius 2 is 2.15 bits per heavy atom. The highest BCUT2D eigenvalue weighted by molar-refractivity contribution is 7.99. The van der Waals surface area contributed by atoms with Crippen LogP contribution in [-0.2, 0) is 4.79 Å². The molecule has 2 rings (SSSR count). The summed E-state index contributed by atoms with van der Waals surface area (Å²) in [4.78, 5) is 13.0. The van der Waals surface area contributed by atoms with Gasteiger partial charge in [-0.2, -0.15) is 0 Å². The van der Waals surface area contributed by atoms with Crippen LogP contribution >= 0.6 is 24.2 Å². The van der Waals surface area contributed by atoms with E-state index in [1.54, 1.807) is 11.8 Å². The number of carbonyl (C=O) groups is 1. The average molecular weight is 315 g/mol. The van der Waals surface area contributed by atoms with E-state index < -0.39 is 0 Å². The van der Waals surface area contributed by atoms with Crippen LogP contribution in [0.5, 0.6) is 0 Å². The molecule has 1 heterocycles. The van der Waals surface area contributed by atoms with Crippen LogP contribution < -0.4 is 10.6 Å². The van der Waals surface area contributed by atoms with Crippen LogP contribution in [0.2, 0.25) is 0 Å². The van der Waals surface area contributed by atoms with Gasteiger partial charge in [-0.3, -0.25) is 4.79 Å². The van der Waals surface area contributed by atoms with Gasteiger partial charge in [0.2, 0.25) is 5.91 Å². The van der Waals surface area contributed by atoms with Crippen LogP contribution in [0.3, 0.4) is 0 Å². The molecule has 2 N–H and O–H groups in total. The van der Waals surface area contributed by atoms with Crippen molar-refractivity contribution >= 4 is 30.1 Å². The highest BCUT2D eigenvalue weighted by Gasteiger charge is 2.16. The minimum Gasteiger partial charge on any atom is -0.355 e. The minimum absolute atomic E-state index is 0. The van der Waals surface area contributed by atoms with E-state index in [1.807, 2.05) is 0 Å². The number of nitrogens with one attached hydrogen (secondary N) is 2. The number of hydrogen-bond donors (Lipinski definition) is 2. The fourth-order valence-corrected chi connectivity index (χ4v) is 2.99. The van der Waals surface area contributed by atoms with Crippen LogP contribution in [-0.4, -0.2) is 30.8 Å². The Hall–Kier alpha value is -0.710. The predicted molar refractivity (Wildman–Crippen MR) is 87.8 cm³/mol. The van der Waals surface area contributed by atoms with Gasteiger partial charge in [0.1, 0.15) is 0 Å². The van der Waals surface area contributed by atoms with Gasteiger partial charge in [-0.05, 0) is 38.4 Å². The van der Waals surface area contributed by atoms with Crippen molar-refractivity contribution in [3.8, 4) is 0 Å². The molecular formula is C15H23ClN2OS. The molecule has 1 aliphatic rings. The van der Waals surface area contributed by atoms with Gasteiger partial charge in [-0.15, -0.1) is 24.2 Å². The first kappa shape index (κ1) is 17.3. The molecule has 1 aromatic rings. The van der Waals surface area contributed by atoms with Gasteiger partial charge in [0, 0.05) is 29.7 Å². The molecule has 1 saturated heterocycles. The smallest absolute Gasteiger partial charge is 0.221 e. The van der Waals surface area contributed by atoms with Crippen molar-refractivity contribution in [1.29, 1.82) is 0 Å². The summed E-state index contributed by atoms with van der Waals surface area (Å²) in [6.07, 6.45) is 2.95. The lowest BCUT2D eigenvalue weighted by Gasteiger charge is -2.10. The highest BCUT2D eigenvalue weighted by Crippen LogP contribution is 2.17. The van der Waals surface area contributed by atoms with E-state index >= 15 is 0 Å². The fraction of sp³-hybridized carbons (Fsp3) is 0.533. The normalized spacial score (nSPS) is 17.6. The third-order valence-electron chi connectivity index (χ3n) is 3.31. The number of halogens is 1. The van der Waals surface area contributed by atoms with Crippen molar-refractivity contribution in [3.05, 3.63) is 29.8 Å². The molecule has 112 valence electrons. The molecule has 1 fully saturated rings. The van der Waals surface area contributed by atoms with E-state index in [9.17, 15) is 4.79 Å². The Morgan fingerprint density at radius 1 is 1.40 bits per heavy atom. The van der Waals surface area contributed by atoms with Crippen molar-refractivity contribution in [1.82, 2.24) is 10.6 Å². The molecule has 0 aliphatic carbocycles. The number of aryl methyl sites for hydroxylation is 1. The van der Waals surface area contributed by atoms with Gasteiger partial charge >= 0.3 is 0 Å². The number of thioether (sulfide) groups is 1. The van der Waals surface area contributed by atoms with E-state index in [0.29, 0.717) is 12.5 Å². The van der Waals surface area contributed by atoms with Gasteiger partial charge in [-0.25, -0.2) is 0 Å². The molecule has 0 saturated carbocycles. The van der Waals surface area contributed by atoms with E-state index in [-0.39, 0.29) is 18.3 Å². The second-order valence-electron chi connectivity index (χ2n) is 5.01. The molecule has 1 atom stereocenters. The van der Waals surface area contributed by atoms with Crippen molar-refractivity contribution in [2.45, 2.75) is 37.1 Å². The number of amides is 1. The molecule has 1 aliphatic heterocycles. The molecule has 0 spiro atoms. The first-order valence-corrected chi connectivity index (χ1v) is 7.92. The lowest BCUT2D eigenvalue weighted by molar-refractivity contribution is -0.121. The number of benzene rings is 1.